The lowest BCUT2D eigenvalue weighted by Gasteiger charge is -2.43. The first-order valence-electron chi connectivity index (χ1n) is 9.20. The summed E-state index contributed by atoms with van der Waals surface area (Å²) in [5.41, 5.74) is 3.33. The number of nitrogens with one attached hydrogen (secondary N) is 1. The van der Waals surface area contributed by atoms with Crippen LogP contribution in [-0.4, -0.2) is 37.8 Å². The largest absolute Gasteiger partial charge is 0.468 e. The quantitative estimate of drug-likeness (QED) is 0.337. The summed E-state index contributed by atoms with van der Waals surface area (Å²) in [4.78, 5) is 12.9. The Morgan fingerprint density at radius 3 is 2.71 bits per heavy atom. The Morgan fingerprint density at radius 2 is 2.07 bits per heavy atom. The van der Waals surface area contributed by atoms with Crippen LogP contribution in [0.25, 0.3) is 0 Å². The average molecular weight is 494 g/mol. The molecule has 1 saturated carbocycles. The van der Waals surface area contributed by atoms with Crippen molar-refractivity contribution in [2.45, 2.75) is 44.8 Å². The van der Waals surface area contributed by atoms with Crippen LogP contribution in [0.2, 0.25) is 10.0 Å². The number of carbonyl (C=O) groups excluding carboxylic acids is 1. The van der Waals surface area contributed by atoms with Crippen molar-refractivity contribution in [3.05, 3.63) is 26.7 Å². The van der Waals surface area contributed by atoms with E-state index < -0.39 is 11.2 Å². The molecule has 0 bridgehead atoms. The monoisotopic (exact) mass is 492 g/mol. The van der Waals surface area contributed by atoms with Crippen LogP contribution in [0, 0.1) is 5.41 Å². The number of nitrogens with zero attached hydrogens (tertiary/aromatic N) is 1. The lowest BCUT2D eigenvalue weighted by molar-refractivity contribution is -0.194. The fraction of sp³-hybridized carbons (Fsp3) is 0.579. The molecular formula is C19H23BrCl2N2O4. The molecule has 9 heteroatoms. The average Bonchev–Trinajstić information content (AvgIpc) is 3.11. The Labute approximate surface area is 183 Å². The third kappa shape index (κ3) is 4.19. The molecule has 1 aromatic rings. The molecular weight excluding hydrogens is 471 g/mol. The lowest BCUT2D eigenvalue weighted by atomic mass is 9.67. The van der Waals surface area contributed by atoms with Gasteiger partial charge in [0.25, 0.3) is 0 Å². The van der Waals surface area contributed by atoms with Gasteiger partial charge in [-0.05, 0) is 25.0 Å². The Balaban J connectivity index is 1.97. The maximum absolute atomic E-state index is 12.9. The second-order valence-electron chi connectivity index (χ2n) is 7.03. The number of hydrogen-bond acceptors (Lipinski definition) is 6. The fourth-order valence-electron chi connectivity index (χ4n) is 4.02. The number of halogens is 3. The van der Waals surface area contributed by atoms with Gasteiger partial charge < -0.3 is 14.2 Å². The predicted molar refractivity (Wildman–Crippen MR) is 113 cm³/mol. The van der Waals surface area contributed by atoms with Crippen molar-refractivity contribution < 1.29 is 19.0 Å². The summed E-state index contributed by atoms with van der Waals surface area (Å²) in [6.45, 7) is 3.08. The van der Waals surface area contributed by atoms with Gasteiger partial charge in [0.2, 0.25) is 0 Å². The second kappa shape index (κ2) is 8.88. The summed E-state index contributed by atoms with van der Waals surface area (Å²) >= 11 is 15.8. The molecule has 6 nitrogen and oxygen atoms in total. The zero-order valence-electron chi connectivity index (χ0n) is 15.8. The first-order valence-corrected chi connectivity index (χ1v) is 10.7. The van der Waals surface area contributed by atoms with Gasteiger partial charge in [0, 0.05) is 17.3 Å². The van der Waals surface area contributed by atoms with Crippen molar-refractivity contribution in [3.8, 4) is 0 Å². The highest BCUT2D eigenvalue weighted by Crippen LogP contribution is 2.47. The van der Waals surface area contributed by atoms with Crippen LogP contribution < -0.4 is 5.43 Å². The maximum Gasteiger partial charge on any atom is 0.317 e. The van der Waals surface area contributed by atoms with Gasteiger partial charge in [0.1, 0.15) is 5.41 Å². The lowest BCUT2D eigenvalue weighted by Crippen LogP contribution is -2.52. The molecule has 1 heterocycles. The van der Waals surface area contributed by atoms with E-state index in [1.807, 2.05) is 6.92 Å². The Hall–Kier alpha value is -0.860. The first kappa shape index (κ1) is 21.8. The molecule has 1 unspecified atom stereocenters. The topological polar surface area (TPSA) is 69.2 Å². The SMILES string of the molecule is CCCC1(C(=O)OC)CC2(CC/C1=N\Nc1cc(Br)cc(Cl)c1Cl)OCCO2. The van der Waals surface area contributed by atoms with E-state index >= 15 is 0 Å². The Kier molecular flexibility index (Phi) is 6.92. The third-order valence-electron chi connectivity index (χ3n) is 5.24. The minimum Gasteiger partial charge on any atom is -0.468 e. The Bertz CT molecular complexity index is 783. The molecule has 1 aromatic carbocycles. The number of hydrazone groups is 1. The zero-order valence-corrected chi connectivity index (χ0v) is 18.9. The Morgan fingerprint density at radius 1 is 1.36 bits per heavy atom. The van der Waals surface area contributed by atoms with Gasteiger partial charge in [0.15, 0.2) is 5.79 Å². The summed E-state index contributed by atoms with van der Waals surface area (Å²) in [6.07, 6.45) is 2.92. The molecule has 1 aliphatic heterocycles. The second-order valence-corrected chi connectivity index (χ2v) is 8.73. The van der Waals surface area contributed by atoms with Crippen LogP contribution in [0.15, 0.2) is 21.7 Å². The molecule has 1 aliphatic carbocycles. The number of ether oxygens (including phenoxy) is 3. The molecule has 1 spiro atoms. The third-order valence-corrected chi connectivity index (χ3v) is 6.50. The molecule has 2 aliphatic rings. The van der Waals surface area contributed by atoms with E-state index in [4.69, 9.17) is 37.4 Å². The number of carbonyl (C=O) groups is 1. The van der Waals surface area contributed by atoms with Crippen LogP contribution in [0.5, 0.6) is 0 Å². The number of benzene rings is 1. The summed E-state index contributed by atoms with van der Waals surface area (Å²) < 4.78 is 17.7. The smallest absolute Gasteiger partial charge is 0.317 e. The molecule has 28 heavy (non-hydrogen) atoms. The van der Waals surface area contributed by atoms with Crippen molar-refractivity contribution in [2.75, 3.05) is 25.7 Å². The molecule has 2 fully saturated rings. The number of esters is 1. The zero-order chi connectivity index (χ0) is 20.4. The molecule has 1 atom stereocenters. The van der Waals surface area contributed by atoms with Crippen LogP contribution in [-0.2, 0) is 19.0 Å². The van der Waals surface area contributed by atoms with Crippen molar-refractivity contribution in [1.29, 1.82) is 0 Å². The summed E-state index contributed by atoms with van der Waals surface area (Å²) in [5.74, 6) is -1.08. The highest BCUT2D eigenvalue weighted by molar-refractivity contribution is 9.10. The standard InChI is InChI=1S/C19H23BrCl2N2O4/c1-3-5-18(17(25)26-2)11-19(27-7-8-28-19)6-4-15(18)24-23-14-10-12(20)9-13(21)16(14)22/h9-10,23H,3-8,11H2,1-2H3/b24-15+. The highest BCUT2D eigenvalue weighted by atomic mass is 79.9. The van der Waals surface area contributed by atoms with E-state index in [0.29, 0.717) is 60.3 Å². The summed E-state index contributed by atoms with van der Waals surface area (Å²) in [6, 6.07) is 3.49. The normalized spacial score (nSPS) is 25.2. The van der Waals surface area contributed by atoms with Crippen LogP contribution in [0.3, 0.4) is 0 Å². The van der Waals surface area contributed by atoms with Crippen molar-refractivity contribution >= 4 is 56.5 Å². The number of rotatable bonds is 5. The molecule has 0 amide bonds. The van der Waals surface area contributed by atoms with E-state index in [1.165, 1.54) is 7.11 Å². The van der Waals surface area contributed by atoms with Gasteiger partial charge in [-0.25, -0.2) is 0 Å². The van der Waals surface area contributed by atoms with Gasteiger partial charge in [-0.15, -0.1) is 0 Å². The van der Waals surface area contributed by atoms with Crippen LogP contribution in [0.1, 0.15) is 39.0 Å². The van der Waals surface area contributed by atoms with E-state index in [2.05, 4.69) is 26.5 Å². The van der Waals surface area contributed by atoms with Gasteiger partial charge in [-0.2, -0.15) is 5.10 Å². The van der Waals surface area contributed by atoms with E-state index in [9.17, 15) is 4.79 Å². The van der Waals surface area contributed by atoms with Gasteiger partial charge in [-0.3, -0.25) is 10.2 Å². The minimum absolute atomic E-state index is 0.327. The minimum atomic E-state index is -0.915. The van der Waals surface area contributed by atoms with Crippen LogP contribution in [0.4, 0.5) is 5.69 Å². The number of anilines is 1. The van der Waals surface area contributed by atoms with Crippen LogP contribution >= 0.6 is 39.1 Å². The molecule has 0 radical (unpaired) electrons. The maximum atomic E-state index is 12.9. The molecule has 154 valence electrons. The van der Waals surface area contributed by atoms with Gasteiger partial charge >= 0.3 is 5.97 Å². The van der Waals surface area contributed by atoms with Crippen molar-refractivity contribution in [3.63, 3.8) is 0 Å². The molecule has 1 saturated heterocycles. The van der Waals surface area contributed by atoms with Crippen molar-refractivity contribution in [1.82, 2.24) is 0 Å². The number of methoxy groups -OCH3 is 1. The van der Waals surface area contributed by atoms with Gasteiger partial charge in [0.05, 0.1) is 41.8 Å². The molecule has 0 aromatic heterocycles. The fourth-order valence-corrected chi connectivity index (χ4v) is 4.98. The summed E-state index contributed by atoms with van der Waals surface area (Å²) in [7, 11) is 1.40. The highest BCUT2D eigenvalue weighted by Gasteiger charge is 2.56. The predicted octanol–water partition coefficient (Wildman–Crippen LogP) is 5.41. The first-order chi connectivity index (χ1) is 13.4. The summed E-state index contributed by atoms with van der Waals surface area (Å²) in [5, 5.41) is 5.35. The van der Waals surface area contributed by atoms with E-state index in [1.54, 1.807) is 12.1 Å². The van der Waals surface area contributed by atoms with E-state index in [-0.39, 0.29) is 5.97 Å². The number of hydrogen-bond donors (Lipinski definition) is 1. The van der Waals surface area contributed by atoms with E-state index in [0.717, 1.165) is 10.9 Å². The molecule has 3 rings (SSSR count). The molecule has 1 N–H and O–H groups in total. The van der Waals surface area contributed by atoms with Gasteiger partial charge in [-0.1, -0.05) is 52.5 Å². The van der Waals surface area contributed by atoms with Crippen molar-refractivity contribution in [2.24, 2.45) is 10.5 Å².